The van der Waals surface area contributed by atoms with Crippen LogP contribution in [0.3, 0.4) is 0 Å². The predicted molar refractivity (Wildman–Crippen MR) is 84.8 cm³/mol. The van der Waals surface area contributed by atoms with Crippen LogP contribution in [-0.4, -0.2) is 19.7 Å². The number of aryl methyl sites for hydroxylation is 2. The minimum Gasteiger partial charge on any atom is -0.497 e. The first-order valence-electron chi connectivity index (χ1n) is 7.05. The van der Waals surface area contributed by atoms with Crippen molar-refractivity contribution in [2.75, 3.05) is 13.7 Å². The summed E-state index contributed by atoms with van der Waals surface area (Å²) in [6, 6.07) is 10.8. The summed E-state index contributed by atoms with van der Waals surface area (Å²) in [5.74, 6) is 1.45. The summed E-state index contributed by atoms with van der Waals surface area (Å²) >= 11 is 0. The molecule has 0 atom stereocenters. The molecule has 22 heavy (non-hydrogen) atoms. The number of carbonyl (C=O) groups is 1. The Morgan fingerprint density at radius 3 is 2.27 bits per heavy atom. The Balaban J connectivity index is 1.95. The van der Waals surface area contributed by atoms with Crippen molar-refractivity contribution >= 4 is 5.97 Å². The fraction of sp³-hybridized carbons (Fsp3) is 0.278. The maximum Gasteiger partial charge on any atom is 0.349 e. The highest BCUT2D eigenvalue weighted by molar-refractivity contribution is 5.74. The Bertz CT molecular complexity index is 660. The lowest BCUT2D eigenvalue weighted by molar-refractivity contribution is -0.136. The fourth-order valence-corrected chi connectivity index (χ4v) is 2.09. The van der Waals surface area contributed by atoms with Gasteiger partial charge in [-0.3, -0.25) is 0 Å². The number of esters is 1. The van der Waals surface area contributed by atoms with Crippen LogP contribution in [0.5, 0.6) is 17.2 Å². The van der Waals surface area contributed by atoms with Gasteiger partial charge in [0, 0.05) is 0 Å². The monoisotopic (exact) mass is 300 g/mol. The first-order chi connectivity index (χ1) is 10.5. The molecule has 0 unspecified atom stereocenters. The number of carbonyl (C=O) groups excluding carboxylic acids is 1. The van der Waals surface area contributed by atoms with Crippen LogP contribution in [0.15, 0.2) is 36.4 Å². The highest BCUT2D eigenvalue weighted by Gasteiger charge is 2.09. The van der Waals surface area contributed by atoms with E-state index in [4.69, 9.17) is 14.2 Å². The van der Waals surface area contributed by atoms with Crippen LogP contribution in [0.4, 0.5) is 0 Å². The Kier molecular flexibility index (Phi) is 5.04. The van der Waals surface area contributed by atoms with Crippen molar-refractivity contribution in [1.29, 1.82) is 0 Å². The Hall–Kier alpha value is -2.49. The highest BCUT2D eigenvalue weighted by Crippen LogP contribution is 2.23. The molecule has 0 aromatic heterocycles. The van der Waals surface area contributed by atoms with Crippen molar-refractivity contribution < 1.29 is 19.0 Å². The van der Waals surface area contributed by atoms with Crippen LogP contribution in [0.25, 0.3) is 0 Å². The second-order valence-electron chi connectivity index (χ2n) is 5.14. The van der Waals surface area contributed by atoms with Gasteiger partial charge in [-0.2, -0.15) is 0 Å². The molecule has 2 aromatic carbocycles. The van der Waals surface area contributed by atoms with E-state index in [1.807, 2.05) is 26.8 Å². The van der Waals surface area contributed by atoms with Gasteiger partial charge in [-0.05, 0) is 67.8 Å². The van der Waals surface area contributed by atoms with Gasteiger partial charge in [0.1, 0.15) is 17.2 Å². The van der Waals surface area contributed by atoms with E-state index in [9.17, 15) is 4.79 Å². The lowest BCUT2D eigenvalue weighted by atomic mass is 10.1. The SMILES string of the molecule is COc1ccc(OC(=O)COc2cc(C)cc(C)c2C)cc1. The summed E-state index contributed by atoms with van der Waals surface area (Å²) in [5.41, 5.74) is 3.27. The molecule has 0 aliphatic carbocycles. The van der Waals surface area contributed by atoms with Crippen molar-refractivity contribution in [3.8, 4) is 17.2 Å². The normalized spacial score (nSPS) is 10.2. The van der Waals surface area contributed by atoms with E-state index in [-0.39, 0.29) is 6.61 Å². The standard InChI is InChI=1S/C18H20O4/c1-12-9-13(2)14(3)17(10-12)21-11-18(19)22-16-7-5-15(20-4)6-8-16/h5-10H,11H2,1-4H3. The van der Waals surface area contributed by atoms with Gasteiger partial charge in [0.25, 0.3) is 0 Å². The topological polar surface area (TPSA) is 44.8 Å². The molecular formula is C18H20O4. The van der Waals surface area contributed by atoms with Crippen LogP contribution >= 0.6 is 0 Å². The van der Waals surface area contributed by atoms with Crippen molar-refractivity contribution in [3.63, 3.8) is 0 Å². The molecule has 0 aliphatic heterocycles. The van der Waals surface area contributed by atoms with Gasteiger partial charge in [0.15, 0.2) is 6.61 Å². The lowest BCUT2D eigenvalue weighted by Gasteiger charge is -2.12. The first kappa shape index (κ1) is 15.9. The molecule has 0 saturated heterocycles. The zero-order valence-corrected chi connectivity index (χ0v) is 13.3. The zero-order valence-electron chi connectivity index (χ0n) is 13.3. The molecule has 2 aromatic rings. The van der Waals surface area contributed by atoms with Crippen LogP contribution in [0.1, 0.15) is 16.7 Å². The predicted octanol–water partition coefficient (Wildman–Crippen LogP) is 3.60. The molecule has 0 N–H and O–H groups in total. The Labute approximate surface area is 130 Å². The number of methoxy groups -OCH3 is 1. The molecule has 0 fully saturated rings. The molecule has 0 aliphatic rings. The van der Waals surface area contributed by atoms with Crippen LogP contribution in [0, 0.1) is 20.8 Å². The average Bonchev–Trinajstić information content (AvgIpc) is 2.50. The molecule has 116 valence electrons. The van der Waals surface area contributed by atoms with E-state index in [0.717, 1.165) is 16.7 Å². The number of hydrogen-bond donors (Lipinski definition) is 0. The molecule has 2 rings (SSSR count). The molecule has 0 saturated carbocycles. The Morgan fingerprint density at radius 1 is 1.00 bits per heavy atom. The van der Waals surface area contributed by atoms with E-state index in [2.05, 4.69) is 6.07 Å². The lowest BCUT2D eigenvalue weighted by Crippen LogP contribution is -2.18. The third-order valence-electron chi connectivity index (χ3n) is 3.40. The van der Waals surface area contributed by atoms with Gasteiger partial charge in [-0.25, -0.2) is 4.79 Å². The van der Waals surface area contributed by atoms with Gasteiger partial charge in [-0.1, -0.05) is 6.07 Å². The largest absolute Gasteiger partial charge is 0.497 e. The summed E-state index contributed by atoms with van der Waals surface area (Å²) in [7, 11) is 1.58. The van der Waals surface area contributed by atoms with E-state index < -0.39 is 5.97 Å². The van der Waals surface area contributed by atoms with Gasteiger partial charge in [-0.15, -0.1) is 0 Å². The smallest absolute Gasteiger partial charge is 0.349 e. The zero-order chi connectivity index (χ0) is 16.1. The van der Waals surface area contributed by atoms with Crippen LogP contribution in [0.2, 0.25) is 0 Å². The van der Waals surface area contributed by atoms with Gasteiger partial charge < -0.3 is 14.2 Å². The third kappa shape index (κ3) is 4.01. The molecule has 0 radical (unpaired) electrons. The minimum absolute atomic E-state index is 0.129. The summed E-state index contributed by atoms with van der Waals surface area (Å²) < 4.78 is 15.8. The number of benzene rings is 2. The van der Waals surface area contributed by atoms with Crippen LogP contribution in [-0.2, 0) is 4.79 Å². The highest BCUT2D eigenvalue weighted by atomic mass is 16.6. The van der Waals surface area contributed by atoms with Gasteiger partial charge in [0.2, 0.25) is 0 Å². The number of ether oxygens (including phenoxy) is 3. The van der Waals surface area contributed by atoms with Crippen molar-refractivity contribution in [2.45, 2.75) is 20.8 Å². The summed E-state index contributed by atoms with van der Waals surface area (Å²) in [4.78, 5) is 11.8. The maximum atomic E-state index is 11.8. The minimum atomic E-state index is -0.441. The van der Waals surface area contributed by atoms with E-state index in [0.29, 0.717) is 17.2 Å². The molecule has 0 amide bonds. The Morgan fingerprint density at radius 2 is 1.64 bits per heavy atom. The average molecular weight is 300 g/mol. The second kappa shape index (κ2) is 6.98. The first-order valence-corrected chi connectivity index (χ1v) is 7.05. The van der Waals surface area contributed by atoms with Crippen molar-refractivity contribution in [1.82, 2.24) is 0 Å². The molecular weight excluding hydrogens is 280 g/mol. The molecule has 4 nitrogen and oxygen atoms in total. The maximum absolute atomic E-state index is 11.8. The molecule has 0 bridgehead atoms. The summed E-state index contributed by atoms with van der Waals surface area (Å²) in [6.07, 6.45) is 0. The third-order valence-corrected chi connectivity index (χ3v) is 3.40. The fourth-order valence-electron chi connectivity index (χ4n) is 2.09. The van der Waals surface area contributed by atoms with Crippen molar-refractivity contribution in [2.24, 2.45) is 0 Å². The molecule has 0 heterocycles. The number of hydrogen-bond acceptors (Lipinski definition) is 4. The van der Waals surface area contributed by atoms with E-state index in [1.54, 1.807) is 31.4 Å². The molecule has 0 spiro atoms. The summed E-state index contributed by atoms with van der Waals surface area (Å²) in [5, 5.41) is 0. The van der Waals surface area contributed by atoms with E-state index in [1.165, 1.54) is 0 Å². The second-order valence-corrected chi connectivity index (χ2v) is 5.14. The van der Waals surface area contributed by atoms with Gasteiger partial charge >= 0.3 is 5.97 Å². The quantitative estimate of drug-likeness (QED) is 0.625. The van der Waals surface area contributed by atoms with Crippen LogP contribution < -0.4 is 14.2 Å². The number of rotatable bonds is 5. The summed E-state index contributed by atoms with van der Waals surface area (Å²) in [6.45, 7) is 5.86. The molecule has 4 heteroatoms. The van der Waals surface area contributed by atoms with Gasteiger partial charge in [0.05, 0.1) is 7.11 Å². The van der Waals surface area contributed by atoms with Crippen molar-refractivity contribution in [3.05, 3.63) is 53.1 Å². The van der Waals surface area contributed by atoms with E-state index >= 15 is 0 Å².